The van der Waals surface area contributed by atoms with Crippen LogP contribution in [0.1, 0.15) is 16.7 Å². The van der Waals surface area contributed by atoms with Crippen LogP contribution < -0.4 is 5.32 Å². The summed E-state index contributed by atoms with van der Waals surface area (Å²) >= 11 is 5.85. The molecule has 1 aromatic heterocycles. The zero-order valence-corrected chi connectivity index (χ0v) is 11.1. The molecule has 0 saturated heterocycles. The summed E-state index contributed by atoms with van der Waals surface area (Å²) in [5, 5.41) is 19.5. The zero-order valence-electron chi connectivity index (χ0n) is 10.3. The van der Waals surface area contributed by atoms with E-state index in [1.54, 1.807) is 0 Å². The van der Waals surface area contributed by atoms with E-state index >= 15 is 0 Å². The number of hydrogen-bond acceptors (Lipinski definition) is 4. The highest BCUT2D eigenvalue weighted by molar-refractivity contribution is 6.30. The normalized spacial score (nSPS) is 10.1. The standard InChI is InChI=1S/C13H10ClFN4/c1-7-8(2)13(19-18-12(7)14)17-11-4-3-9(6-16)5-10(11)15/h3-5H,1-2H3,(H,17,19). The molecule has 2 aromatic rings. The number of benzene rings is 1. The summed E-state index contributed by atoms with van der Waals surface area (Å²) in [6, 6.07) is 6.04. The van der Waals surface area contributed by atoms with Gasteiger partial charge in [0.15, 0.2) is 11.0 Å². The van der Waals surface area contributed by atoms with Gasteiger partial charge in [0, 0.05) is 0 Å². The maximum atomic E-state index is 13.7. The average Bonchev–Trinajstić information content (AvgIpc) is 2.41. The van der Waals surface area contributed by atoms with Crippen molar-refractivity contribution in [3.05, 3.63) is 45.9 Å². The topological polar surface area (TPSA) is 61.6 Å². The minimum absolute atomic E-state index is 0.234. The lowest BCUT2D eigenvalue weighted by Crippen LogP contribution is -2.02. The van der Waals surface area contributed by atoms with Crippen LogP contribution in [0.4, 0.5) is 15.9 Å². The molecule has 1 N–H and O–H groups in total. The van der Waals surface area contributed by atoms with Gasteiger partial charge in [0.05, 0.1) is 17.3 Å². The summed E-state index contributed by atoms with van der Waals surface area (Å²) in [7, 11) is 0. The lowest BCUT2D eigenvalue weighted by molar-refractivity contribution is 0.631. The fourth-order valence-electron chi connectivity index (χ4n) is 1.51. The van der Waals surface area contributed by atoms with Gasteiger partial charge in [0.1, 0.15) is 5.82 Å². The van der Waals surface area contributed by atoms with Gasteiger partial charge in [-0.1, -0.05) is 11.6 Å². The molecule has 19 heavy (non-hydrogen) atoms. The highest BCUT2D eigenvalue weighted by Crippen LogP contribution is 2.25. The molecule has 0 spiro atoms. The number of anilines is 2. The zero-order chi connectivity index (χ0) is 14.0. The van der Waals surface area contributed by atoms with Crippen LogP contribution in [0.5, 0.6) is 0 Å². The quantitative estimate of drug-likeness (QED) is 0.912. The van der Waals surface area contributed by atoms with Crippen LogP contribution in [0.25, 0.3) is 0 Å². The smallest absolute Gasteiger partial charge is 0.156 e. The lowest BCUT2D eigenvalue weighted by atomic mass is 10.2. The summed E-state index contributed by atoms with van der Waals surface area (Å²) in [4.78, 5) is 0. The van der Waals surface area contributed by atoms with Gasteiger partial charge in [0.2, 0.25) is 0 Å². The molecule has 96 valence electrons. The molecule has 1 aromatic carbocycles. The molecule has 0 atom stereocenters. The van der Waals surface area contributed by atoms with Crippen molar-refractivity contribution in [2.45, 2.75) is 13.8 Å². The first-order valence-electron chi connectivity index (χ1n) is 5.49. The van der Waals surface area contributed by atoms with Gasteiger partial charge in [-0.3, -0.25) is 0 Å². The monoisotopic (exact) mass is 276 g/mol. The van der Waals surface area contributed by atoms with Crippen molar-refractivity contribution in [1.29, 1.82) is 5.26 Å². The van der Waals surface area contributed by atoms with Crippen LogP contribution in [0.15, 0.2) is 18.2 Å². The van der Waals surface area contributed by atoms with E-state index in [1.165, 1.54) is 12.1 Å². The van der Waals surface area contributed by atoms with Gasteiger partial charge >= 0.3 is 0 Å². The predicted molar refractivity (Wildman–Crippen MR) is 70.9 cm³/mol. The van der Waals surface area contributed by atoms with Crippen molar-refractivity contribution < 1.29 is 4.39 Å². The number of nitrogens with one attached hydrogen (secondary N) is 1. The summed E-state index contributed by atoms with van der Waals surface area (Å²) in [6.07, 6.45) is 0. The number of nitrogens with zero attached hydrogens (tertiary/aromatic N) is 3. The van der Waals surface area contributed by atoms with Gasteiger partial charge in [-0.15, -0.1) is 10.2 Å². The Morgan fingerprint density at radius 1 is 1.26 bits per heavy atom. The van der Waals surface area contributed by atoms with Crippen LogP contribution in [0, 0.1) is 31.0 Å². The second kappa shape index (κ2) is 5.21. The van der Waals surface area contributed by atoms with Crippen molar-refractivity contribution in [3.8, 4) is 6.07 Å². The van der Waals surface area contributed by atoms with Gasteiger partial charge in [-0.05, 0) is 43.2 Å². The Morgan fingerprint density at radius 3 is 2.63 bits per heavy atom. The molecule has 2 rings (SSSR count). The Kier molecular flexibility index (Phi) is 3.63. The van der Waals surface area contributed by atoms with Crippen LogP contribution in [-0.4, -0.2) is 10.2 Å². The second-order valence-electron chi connectivity index (χ2n) is 4.02. The SMILES string of the molecule is Cc1c(Cl)nnc(Nc2ccc(C#N)cc2F)c1C. The van der Waals surface area contributed by atoms with Crippen LogP contribution >= 0.6 is 11.6 Å². The van der Waals surface area contributed by atoms with E-state index in [1.807, 2.05) is 19.9 Å². The van der Waals surface area contributed by atoms with Crippen molar-refractivity contribution in [2.24, 2.45) is 0 Å². The molecule has 1 heterocycles. The van der Waals surface area contributed by atoms with Crippen LogP contribution in [0.3, 0.4) is 0 Å². The van der Waals surface area contributed by atoms with Crippen molar-refractivity contribution in [2.75, 3.05) is 5.32 Å². The van der Waals surface area contributed by atoms with Gasteiger partial charge < -0.3 is 5.32 Å². The third-order valence-electron chi connectivity index (χ3n) is 2.82. The minimum Gasteiger partial charge on any atom is -0.336 e. The number of hydrogen-bond donors (Lipinski definition) is 1. The molecular formula is C13H10ClFN4. The maximum absolute atomic E-state index is 13.7. The Labute approximate surface area is 114 Å². The Bertz CT molecular complexity index is 679. The Hall–Kier alpha value is -2.19. The first-order chi connectivity index (χ1) is 9.02. The molecular weight excluding hydrogens is 267 g/mol. The van der Waals surface area contributed by atoms with Gasteiger partial charge in [0.25, 0.3) is 0 Å². The number of aromatic nitrogens is 2. The van der Waals surface area contributed by atoms with E-state index in [2.05, 4.69) is 15.5 Å². The third kappa shape index (κ3) is 2.64. The highest BCUT2D eigenvalue weighted by Gasteiger charge is 2.10. The summed E-state index contributed by atoms with van der Waals surface area (Å²) < 4.78 is 13.7. The van der Waals surface area contributed by atoms with E-state index in [9.17, 15) is 4.39 Å². The number of nitriles is 1. The van der Waals surface area contributed by atoms with Gasteiger partial charge in [-0.2, -0.15) is 5.26 Å². The molecule has 0 aliphatic rings. The van der Waals surface area contributed by atoms with Crippen molar-refractivity contribution >= 4 is 23.1 Å². The first kappa shape index (κ1) is 13.2. The van der Waals surface area contributed by atoms with Crippen molar-refractivity contribution in [1.82, 2.24) is 10.2 Å². The molecule has 4 nitrogen and oxygen atoms in total. The first-order valence-corrected chi connectivity index (χ1v) is 5.86. The van der Waals surface area contributed by atoms with Crippen LogP contribution in [0.2, 0.25) is 5.15 Å². The van der Waals surface area contributed by atoms with Crippen LogP contribution in [-0.2, 0) is 0 Å². The Balaban J connectivity index is 2.37. The van der Waals surface area contributed by atoms with Gasteiger partial charge in [-0.25, -0.2) is 4.39 Å². The average molecular weight is 277 g/mol. The molecule has 0 fully saturated rings. The lowest BCUT2D eigenvalue weighted by Gasteiger charge is -2.11. The third-order valence-corrected chi connectivity index (χ3v) is 3.18. The highest BCUT2D eigenvalue weighted by atomic mass is 35.5. The summed E-state index contributed by atoms with van der Waals surface area (Å²) in [5.41, 5.74) is 2.08. The Morgan fingerprint density at radius 2 is 2.00 bits per heavy atom. The number of halogens is 2. The number of rotatable bonds is 2. The largest absolute Gasteiger partial charge is 0.336 e. The fraction of sp³-hybridized carbons (Fsp3) is 0.154. The molecule has 0 amide bonds. The maximum Gasteiger partial charge on any atom is 0.156 e. The molecule has 0 aliphatic heterocycles. The second-order valence-corrected chi connectivity index (χ2v) is 4.38. The molecule has 0 saturated carbocycles. The molecule has 0 aliphatic carbocycles. The molecule has 0 unspecified atom stereocenters. The van der Waals surface area contributed by atoms with Crippen molar-refractivity contribution in [3.63, 3.8) is 0 Å². The minimum atomic E-state index is -0.521. The van der Waals surface area contributed by atoms with E-state index in [4.69, 9.17) is 16.9 Å². The van der Waals surface area contributed by atoms with E-state index in [0.717, 1.165) is 17.2 Å². The summed E-state index contributed by atoms with van der Waals surface area (Å²) in [6.45, 7) is 3.63. The fourth-order valence-corrected chi connectivity index (χ4v) is 1.69. The van der Waals surface area contributed by atoms with E-state index < -0.39 is 5.82 Å². The molecule has 6 heteroatoms. The van der Waals surface area contributed by atoms with E-state index in [0.29, 0.717) is 11.0 Å². The molecule has 0 radical (unpaired) electrons. The molecule has 0 bridgehead atoms. The summed E-state index contributed by atoms with van der Waals surface area (Å²) in [5.74, 6) is -0.0849. The predicted octanol–water partition coefficient (Wildman–Crippen LogP) is 3.50. The van der Waals surface area contributed by atoms with E-state index in [-0.39, 0.29) is 11.3 Å².